The normalized spacial score (nSPS) is 19.5. The van der Waals surface area contributed by atoms with Crippen molar-refractivity contribution in [3.8, 4) is 5.75 Å². The van der Waals surface area contributed by atoms with E-state index >= 15 is 0 Å². The fourth-order valence-electron chi connectivity index (χ4n) is 4.54. The van der Waals surface area contributed by atoms with E-state index in [0.29, 0.717) is 30.9 Å². The summed E-state index contributed by atoms with van der Waals surface area (Å²) >= 11 is 0. The van der Waals surface area contributed by atoms with Crippen LogP contribution in [0.3, 0.4) is 0 Å². The van der Waals surface area contributed by atoms with E-state index in [-0.39, 0.29) is 41.1 Å². The summed E-state index contributed by atoms with van der Waals surface area (Å²) in [7, 11) is 1.60. The number of piperidine rings is 1. The number of likely N-dealkylation sites (tertiary alicyclic amines) is 1. The minimum Gasteiger partial charge on any atom is -0.497 e. The first-order chi connectivity index (χ1) is 14.9. The summed E-state index contributed by atoms with van der Waals surface area (Å²) in [5.41, 5.74) is 1.63. The Bertz CT molecular complexity index is 1040. The fourth-order valence-corrected chi connectivity index (χ4v) is 4.54. The highest BCUT2D eigenvalue weighted by atomic mass is 16.5. The first-order valence-corrected chi connectivity index (χ1v) is 10.6. The Labute approximate surface area is 181 Å². The zero-order valence-electron chi connectivity index (χ0n) is 18.1. The molecular formula is C23H28N4O4. The van der Waals surface area contributed by atoms with Gasteiger partial charge >= 0.3 is 6.03 Å². The SMILES string of the molecule is COc1ccc(C(=O)N2C[C@H]3C[C@H](C2)c2ccc(NC(=O)NC(C)C)c(=O)n2C3)cc1. The van der Waals surface area contributed by atoms with Gasteiger partial charge in [-0.3, -0.25) is 9.59 Å². The van der Waals surface area contributed by atoms with Gasteiger partial charge in [-0.1, -0.05) is 0 Å². The molecule has 0 spiro atoms. The number of methoxy groups -OCH3 is 1. The van der Waals surface area contributed by atoms with E-state index in [1.807, 2.05) is 24.8 Å². The number of carbonyl (C=O) groups excluding carboxylic acids is 2. The summed E-state index contributed by atoms with van der Waals surface area (Å²) in [5.74, 6) is 1.01. The lowest BCUT2D eigenvalue weighted by atomic mass is 9.83. The van der Waals surface area contributed by atoms with Gasteiger partial charge < -0.3 is 24.8 Å². The minimum atomic E-state index is -0.389. The maximum Gasteiger partial charge on any atom is 0.319 e. The number of pyridine rings is 1. The zero-order chi connectivity index (χ0) is 22.1. The molecule has 0 saturated carbocycles. The lowest BCUT2D eigenvalue weighted by Crippen LogP contribution is -2.49. The molecule has 31 heavy (non-hydrogen) atoms. The molecule has 2 aliphatic heterocycles. The molecule has 0 radical (unpaired) electrons. The lowest BCUT2D eigenvalue weighted by molar-refractivity contribution is 0.0594. The average Bonchev–Trinajstić information content (AvgIpc) is 2.75. The number of aromatic nitrogens is 1. The molecule has 3 amide bonds. The second-order valence-electron chi connectivity index (χ2n) is 8.58. The van der Waals surface area contributed by atoms with Crippen LogP contribution in [0.4, 0.5) is 10.5 Å². The second-order valence-corrected chi connectivity index (χ2v) is 8.58. The first-order valence-electron chi connectivity index (χ1n) is 10.6. The van der Waals surface area contributed by atoms with Crippen molar-refractivity contribution < 1.29 is 14.3 Å². The molecule has 164 valence electrons. The van der Waals surface area contributed by atoms with E-state index in [9.17, 15) is 14.4 Å². The number of benzene rings is 1. The number of hydrogen-bond acceptors (Lipinski definition) is 4. The third kappa shape index (κ3) is 4.28. The number of anilines is 1. The highest BCUT2D eigenvalue weighted by Gasteiger charge is 2.37. The summed E-state index contributed by atoms with van der Waals surface area (Å²) in [6.45, 7) is 5.44. The van der Waals surface area contributed by atoms with Crippen LogP contribution in [0.15, 0.2) is 41.2 Å². The van der Waals surface area contributed by atoms with Crippen molar-refractivity contribution in [2.45, 2.75) is 38.8 Å². The van der Waals surface area contributed by atoms with Crippen molar-refractivity contribution in [2.75, 3.05) is 25.5 Å². The number of urea groups is 1. The summed E-state index contributed by atoms with van der Waals surface area (Å²) in [6.07, 6.45) is 0.951. The molecule has 8 heteroatoms. The topological polar surface area (TPSA) is 92.7 Å². The van der Waals surface area contributed by atoms with Crippen molar-refractivity contribution in [3.05, 3.63) is 58.0 Å². The molecule has 1 fully saturated rings. The van der Waals surface area contributed by atoms with Gasteiger partial charge in [-0.25, -0.2) is 4.79 Å². The van der Waals surface area contributed by atoms with Crippen LogP contribution in [0.25, 0.3) is 0 Å². The van der Waals surface area contributed by atoms with E-state index in [4.69, 9.17) is 4.74 Å². The molecule has 2 atom stereocenters. The van der Waals surface area contributed by atoms with Gasteiger partial charge in [0, 0.05) is 42.9 Å². The predicted octanol–water partition coefficient (Wildman–Crippen LogP) is 2.65. The van der Waals surface area contributed by atoms with Gasteiger partial charge in [-0.15, -0.1) is 0 Å². The van der Waals surface area contributed by atoms with Gasteiger partial charge in [0.1, 0.15) is 11.4 Å². The molecule has 0 aliphatic carbocycles. The van der Waals surface area contributed by atoms with E-state index in [2.05, 4.69) is 10.6 Å². The molecule has 1 saturated heterocycles. The summed E-state index contributed by atoms with van der Waals surface area (Å²) in [5, 5.41) is 5.39. The second kappa shape index (κ2) is 8.45. The van der Waals surface area contributed by atoms with Crippen LogP contribution in [0, 0.1) is 5.92 Å². The van der Waals surface area contributed by atoms with Crippen molar-refractivity contribution in [1.82, 2.24) is 14.8 Å². The highest BCUT2D eigenvalue weighted by Crippen LogP contribution is 2.36. The molecule has 2 aliphatic rings. The quantitative estimate of drug-likeness (QED) is 0.789. The predicted molar refractivity (Wildman–Crippen MR) is 118 cm³/mol. The maximum atomic E-state index is 13.0. The fraction of sp³-hybridized carbons (Fsp3) is 0.435. The highest BCUT2D eigenvalue weighted by molar-refractivity contribution is 5.94. The van der Waals surface area contributed by atoms with Crippen LogP contribution in [0.2, 0.25) is 0 Å². The van der Waals surface area contributed by atoms with Crippen LogP contribution in [0.1, 0.15) is 42.2 Å². The Morgan fingerprint density at radius 1 is 1.06 bits per heavy atom. The Morgan fingerprint density at radius 3 is 2.48 bits per heavy atom. The van der Waals surface area contributed by atoms with Gasteiger partial charge in [0.2, 0.25) is 0 Å². The zero-order valence-corrected chi connectivity index (χ0v) is 18.1. The number of nitrogens with zero attached hydrogens (tertiary/aromatic N) is 2. The Kier molecular flexibility index (Phi) is 5.71. The van der Waals surface area contributed by atoms with Gasteiger partial charge in [-0.05, 0) is 62.6 Å². The maximum absolute atomic E-state index is 13.0. The number of nitrogens with one attached hydrogen (secondary N) is 2. The monoisotopic (exact) mass is 424 g/mol. The van der Waals surface area contributed by atoms with Gasteiger partial charge in [0.25, 0.3) is 11.5 Å². The minimum absolute atomic E-state index is 0.00297. The number of ether oxygens (including phenoxy) is 1. The Hall–Kier alpha value is -3.29. The lowest BCUT2D eigenvalue weighted by Gasteiger charge is -2.43. The van der Waals surface area contributed by atoms with Crippen LogP contribution in [0.5, 0.6) is 5.75 Å². The number of carbonyl (C=O) groups is 2. The molecule has 8 nitrogen and oxygen atoms in total. The third-order valence-corrected chi connectivity index (χ3v) is 5.90. The molecule has 0 unspecified atom stereocenters. The molecule has 2 aromatic rings. The van der Waals surface area contributed by atoms with Gasteiger partial charge in [0.15, 0.2) is 0 Å². The van der Waals surface area contributed by atoms with E-state index in [1.165, 1.54) is 0 Å². The van der Waals surface area contributed by atoms with Crippen molar-refractivity contribution in [1.29, 1.82) is 0 Å². The summed E-state index contributed by atoms with van der Waals surface area (Å²) in [6, 6.07) is 10.3. The van der Waals surface area contributed by atoms with Crippen LogP contribution >= 0.6 is 0 Å². The molecule has 1 aromatic carbocycles. The summed E-state index contributed by atoms with van der Waals surface area (Å²) < 4.78 is 6.93. The smallest absolute Gasteiger partial charge is 0.319 e. The standard InChI is InChI=1S/C23H28N4O4/c1-14(2)24-23(30)25-19-8-9-20-17-10-15(12-27(20)22(19)29)11-26(13-17)21(28)16-4-6-18(31-3)7-5-16/h4-9,14-15,17H,10-13H2,1-3H3,(H2,24,25,30)/t15-,17-/m1/s1. The van der Waals surface area contributed by atoms with E-state index < -0.39 is 0 Å². The number of hydrogen-bond donors (Lipinski definition) is 2. The summed E-state index contributed by atoms with van der Waals surface area (Å²) in [4.78, 5) is 39.9. The van der Waals surface area contributed by atoms with Crippen molar-refractivity contribution in [3.63, 3.8) is 0 Å². The van der Waals surface area contributed by atoms with Gasteiger partial charge in [0.05, 0.1) is 7.11 Å². The first kappa shape index (κ1) is 21.0. The third-order valence-electron chi connectivity index (χ3n) is 5.90. The molecule has 2 N–H and O–H groups in total. The number of rotatable bonds is 4. The van der Waals surface area contributed by atoms with Crippen LogP contribution in [-0.4, -0.2) is 47.6 Å². The van der Waals surface area contributed by atoms with Crippen molar-refractivity contribution >= 4 is 17.6 Å². The van der Waals surface area contributed by atoms with Crippen molar-refractivity contribution in [2.24, 2.45) is 5.92 Å². The largest absolute Gasteiger partial charge is 0.497 e. The van der Waals surface area contributed by atoms with E-state index in [1.54, 1.807) is 42.0 Å². The Morgan fingerprint density at radius 2 is 1.81 bits per heavy atom. The number of amides is 3. The molecule has 4 rings (SSSR count). The number of fused-ring (bicyclic) bond motifs is 4. The van der Waals surface area contributed by atoms with Crippen LogP contribution < -0.4 is 20.9 Å². The average molecular weight is 425 g/mol. The molecule has 3 heterocycles. The van der Waals surface area contributed by atoms with Gasteiger partial charge in [-0.2, -0.15) is 0 Å². The molecule has 2 bridgehead atoms. The molecular weight excluding hydrogens is 396 g/mol. The Balaban J connectivity index is 1.53. The molecule has 1 aromatic heterocycles. The van der Waals surface area contributed by atoms with Crippen LogP contribution in [-0.2, 0) is 6.54 Å². The van der Waals surface area contributed by atoms with E-state index in [0.717, 1.165) is 12.1 Å².